The molecule has 132 valence electrons. The van der Waals surface area contributed by atoms with E-state index in [2.05, 4.69) is 15.4 Å². The first-order valence-electron chi connectivity index (χ1n) is 8.03. The van der Waals surface area contributed by atoms with Gasteiger partial charge in [0.05, 0.1) is 4.92 Å². The topological polar surface area (TPSA) is 103 Å². The normalized spacial score (nSPS) is 11.7. The summed E-state index contributed by atoms with van der Waals surface area (Å²) < 4.78 is 1.29. The highest BCUT2D eigenvalue weighted by molar-refractivity contribution is 5.95. The van der Waals surface area contributed by atoms with Gasteiger partial charge in [-0.3, -0.25) is 14.9 Å². The minimum Gasteiger partial charge on any atom is -0.351 e. The van der Waals surface area contributed by atoms with Crippen molar-refractivity contribution in [2.24, 2.45) is 0 Å². The smallest absolute Gasteiger partial charge is 0.295 e. The van der Waals surface area contributed by atoms with Crippen molar-refractivity contribution in [1.29, 1.82) is 0 Å². The number of hydrogen-bond acceptors (Lipinski definition) is 5. The van der Waals surface area contributed by atoms with Gasteiger partial charge < -0.3 is 5.32 Å². The van der Waals surface area contributed by atoms with Gasteiger partial charge in [-0.2, -0.15) is 5.10 Å². The number of nitrogens with one attached hydrogen (secondary N) is 1. The van der Waals surface area contributed by atoms with Gasteiger partial charge >= 0.3 is 0 Å². The molecule has 0 saturated heterocycles. The number of benzene rings is 2. The predicted octanol–water partition coefficient (Wildman–Crippen LogP) is 2.71. The second kappa shape index (κ2) is 7.56. The third-order valence-electron chi connectivity index (χ3n) is 4.04. The van der Waals surface area contributed by atoms with Crippen molar-refractivity contribution >= 4 is 11.6 Å². The number of nitro groups is 1. The number of amides is 1. The molecule has 0 radical (unpaired) electrons. The van der Waals surface area contributed by atoms with E-state index in [-0.39, 0.29) is 28.8 Å². The lowest BCUT2D eigenvalue weighted by molar-refractivity contribution is -0.384. The van der Waals surface area contributed by atoms with Crippen molar-refractivity contribution in [2.45, 2.75) is 12.8 Å². The summed E-state index contributed by atoms with van der Waals surface area (Å²) in [5.41, 5.74) is 1.38. The molecule has 8 nitrogen and oxygen atoms in total. The largest absolute Gasteiger partial charge is 0.351 e. The van der Waals surface area contributed by atoms with E-state index in [9.17, 15) is 14.9 Å². The standard InChI is InChI=1S/C18H17N5O3/c1-13(14-5-3-2-4-6-14)10-20-18(24)15-7-8-16(17(9-15)23(25)26)22-12-19-11-21-22/h2-9,11-13H,10H2,1H3,(H,20,24). The van der Waals surface area contributed by atoms with Gasteiger partial charge in [0.2, 0.25) is 0 Å². The van der Waals surface area contributed by atoms with Crippen LogP contribution in [0.15, 0.2) is 61.2 Å². The van der Waals surface area contributed by atoms with Gasteiger partial charge in [0, 0.05) is 18.2 Å². The van der Waals surface area contributed by atoms with Crippen LogP contribution in [-0.2, 0) is 0 Å². The van der Waals surface area contributed by atoms with Crippen LogP contribution in [0.1, 0.15) is 28.8 Å². The van der Waals surface area contributed by atoms with Crippen LogP contribution in [0.4, 0.5) is 5.69 Å². The molecule has 1 heterocycles. The van der Waals surface area contributed by atoms with Crippen LogP contribution in [0, 0.1) is 10.1 Å². The molecule has 1 amide bonds. The lowest BCUT2D eigenvalue weighted by Gasteiger charge is -2.13. The van der Waals surface area contributed by atoms with Gasteiger partial charge in [0.15, 0.2) is 0 Å². The van der Waals surface area contributed by atoms with Crippen LogP contribution in [0.25, 0.3) is 5.69 Å². The molecule has 0 fully saturated rings. The molecular weight excluding hydrogens is 334 g/mol. The monoisotopic (exact) mass is 351 g/mol. The Labute approximate surface area is 149 Å². The summed E-state index contributed by atoms with van der Waals surface area (Å²) in [5, 5.41) is 18.1. The Hall–Kier alpha value is -3.55. The van der Waals surface area contributed by atoms with Crippen molar-refractivity contribution < 1.29 is 9.72 Å². The fourth-order valence-corrected chi connectivity index (χ4v) is 2.58. The zero-order valence-corrected chi connectivity index (χ0v) is 14.1. The molecule has 0 aliphatic heterocycles. The quantitative estimate of drug-likeness (QED) is 0.543. The van der Waals surface area contributed by atoms with E-state index in [1.165, 1.54) is 35.5 Å². The molecule has 0 saturated carbocycles. The Morgan fingerprint density at radius 2 is 2.04 bits per heavy atom. The predicted molar refractivity (Wildman–Crippen MR) is 95.2 cm³/mol. The maximum absolute atomic E-state index is 12.4. The number of carbonyl (C=O) groups excluding carboxylic acids is 1. The minimum absolute atomic E-state index is 0.129. The average molecular weight is 351 g/mol. The number of rotatable bonds is 6. The fraction of sp³-hybridized carbons (Fsp3) is 0.167. The van der Waals surface area contributed by atoms with Crippen molar-refractivity contribution in [3.05, 3.63) is 82.4 Å². The second-order valence-electron chi connectivity index (χ2n) is 5.82. The molecular formula is C18H17N5O3. The third kappa shape index (κ3) is 3.75. The number of carbonyl (C=O) groups is 1. The zero-order valence-electron chi connectivity index (χ0n) is 14.1. The van der Waals surface area contributed by atoms with Crippen LogP contribution in [0.2, 0.25) is 0 Å². The van der Waals surface area contributed by atoms with E-state index in [1.54, 1.807) is 0 Å². The molecule has 3 aromatic rings. The summed E-state index contributed by atoms with van der Waals surface area (Å²) in [4.78, 5) is 27.0. The van der Waals surface area contributed by atoms with Crippen molar-refractivity contribution in [3.8, 4) is 5.69 Å². The summed E-state index contributed by atoms with van der Waals surface area (Å²) in [6.07, 6.45) is 2.65. The van der Waals surface area contributed by atoms with Crippen LogP contribution in [-0.4, -0.2) is 32.1 Å². The summed E-state index contributed by atoms with van der Waals surface area (Å²) in [6.45, 7) is 2.44. The highest BCUT2D eigenvalue weighted by atomic mass is 16.6. The molecule has 0 spiro atoms. The molecule has 1 atom stereocenters. The summed E-state index contributed by atoms with van der Waals surface area (Å²) in [5.74, 6) is -0.231. The lowest BCUT2D eigenvalue weighted by atomic mass is 10.0. The molecule has 2 aromatic carbocycles. The minimum atomic E-state index is -0.541. The van der Waals surface area contributed by atoms with Crippen molar-refractivity contribution in [3.63, 3.8) is 0 Å². The number of aromatic nitrogens is 3. The number of nitro benzene ring substituents is 1. The summed E-state index contributed by atoms with van der Waals surface area (Å²) in [7, 11) is 0. The summed E-state index contributed by atoms with van der Waals surface area (Å²) >= 11 is 0. The number of hydrogen-bond donors (Lipinski definition) is 1. The SMILES string of the molecule is CC(CNC(=O)c1ccc(-n2cncn2)c([N+](=O)[O-])c1)c1ccccc1. The van der Waals surface area contributed by atoms with E-state index >= 15 is 0 Å². The second-order valence-corrected chi connectivity index (χ2v) is 5.82. The van der Waals surface area contributed by atoms with Gasteiger partial charge in [-0.25, -0.2) is 9.67 Å². The summed E-state index contributed by atoms with van der Waals surface area (Å²) in [6, 6.07) is 14.1. The van der Waals surface area contributed by atoms with E-state index < -0.39 is 4.92 Å². The Bertz CT molecular complexity index is 910. The van der Waals surface area contributed by atoms with Gasteiger partial charge in [0.25, 0.3) is 11.6 Å². The first-order chi connectivity index (χ1) is 12.6. The Morgan fingerprint density at radius 3 is 2.69 bits per heavy atom. The molecule has 0 bridgehead atoms. The molecule has 8 heteroatoms. The van der Waals surface area contributed by atoms with Gasteiger partial charge in [-0.1, -0.05) is 37.3 Å². The van der Waals surface area contributed by atoms with Gasteiger partial charge in [-0.15, -0.1) is 0 Å². The van der Waals surface area contributed by atoms with Gasteiger partial charge in [-0.05, 0) is 23.6 Å². The highest BCUT2D eigenvalue weighted by Gasteiger charge is 2.19. The van der Waals surface area contributed by atoms with E-state index in [1.807, 2.05) is 37.3 Å². The number of nitrogens with zero attached hydrogens (tertiary/aromatic N) is 4. The molecule has 0 aliphatic carbocycles. The Morgan fingerprint density at radius 1 is 1.27 bits per heavy atom. The van der Waals surface area contributed by atoms with E-state index in [0.29, 0.717) is 6.54 Å². The van der Waals surface area contributed by atoms with Crippen LogP contribution in [0.5, 0.6) is 0 Å². The molecule has 3 rings (SSSR count). The van der Waals surface area contributed by atoms with Crippen molar-refractivity contribution in [2.75, 3.05) is 6.54 Å². The van der Waals surface area contributed by atoms with E-state index in [0.717, 1.165) is 5.56 Å². The fourth-order valence-electron chi connectivity index (χ4n) is 2.58. The molecule has 1 unspecified atom stereocenters. The lowest BCUT2D eigenvalue weighted by Crippen LogP contribution is -2.27. The molecule has 26 heavy (non-hydrogen) atoms. The van der Waals surface area contributed by atoms with Gasteiger partial charge in [0.1, 0.15) is 18.3 Å². The first-order valence-corrected chi connectivity index (χ1v) is 8.03. The average Bonchev–Trinajstić information content (AvgIpc) is 3.20. The maximum atomic E-state index is 12.4. The van der Waals surface area contributed by atoms with Crippen molar-refractivity contribution in [1.82, 2.24) is 20.1 Å². The molecule has 1 aromatic heterocycles. The Balaban J connectivity index is 1.75. The first kappa shape index (κ1) is 17.3. The van der Waals surface area contributed by atoms with E-state index in [4.69, 9.17) is 0 Å². The maximum Gasteiger partial charge on any atom is 0.295 e. The van der Waals surface area contributed by atoms with Crippen LogP contribution in [0.3, 0.4) is 0 Å². The molecule has 0 aliphatic rings. The highest BCUT2D eigenvalue weighted by Crippen LogP contribution is 2.23. The zero-order chi connectivity index (χ0) is 18.5. The molecule has 1 N–H and O–H groups in total. The Kier molecular flexibility index (Phi) is 5.02. The third-order valence-corrected chi connectivity index (χ3v) is 4.04. The van der Waals surface area contributed by atoms with Crippen LogP contribution < -0.4 is 5.32 Å². The van der Waals surface area contributed by atoms with Crippen LogP contribution >= 0.6 is 0 Å².